The summed E-state index contributed by atoms with van der Waals surface area (Å²) in [6, 6.07) is 6.04. The van der Waals surface area contributed by atoms with Gasteiger partial charge in [0.2, 0.25) is 6.79 Å². The van der Waals surface area contributed by atoms with Gasteiger partial charge in [0.1, 0.15) is 5.82 Å². The normalized spacial score (nSPS) is 23.8. The maximum Gasteiger partial charge on any atom is 0.231 e. The lowest BCUT2D eigenvalue weighted by Gasteiger charge is -2.38. The van der Waals surface area contributed by atoms with Gasteiger partial charge in [0.05, 0.1) is 23.9 Å². The fourth-order valence-electron chi connectivity index (χ4n) is 3.76. The van der Waals surface area contributed by atoms with E-state index in [0.29, 0.717) is 0 Å². The standard InChI is InChI=1S/C20H28N4O3/c1-12(2)19-21-20(15(5)23-9-13(3)27-14(4)10-23)24(22-19)16-6-7-17-18(8-16)26-11-25-17/h6-8,12-15H,9-11H2,1-5H3/t13-,14+,15-/m1/s1. The van der Waals surface area contributed by atoms with Gasteiger partial charge in [0.15, 0.2) is 17.3 Å². The second-order valence-electron chi connectivity index (χ2n) is 7.82. The lowest BCUT2D eigenvalue weighted by atomic mass is 10.1. The van der Waals surface area contributed by atoms with Gasteiger partial charge in [0, 0.05) is 25.1 Å². The molecule has 3 heterocycles. The highest BCUT2D eigenvalue weighted by Crippen LogP contribution is 2.35. The number of nitrogens with zero attached hydrogens (tertiary/aromatic N) is 4. The Hall–Kier alpha value is -2.12. The van der Waals surface area contributed by atoms with Crippen LogP contribution in [0.1, 0.15) is 58.2 Å². The minimum absolute atomic E-state index is 0.129. The Kier molecular flexibility index (Phi) is 4.82. The third kappa shape index (κ3) is 3.53. The first kappa shape index (κ1) is 18.3. The van der Waals surface area contributed by atoms with E-state index in [-0.39, 0.29) is 31.0 Å². The third-order valence-corrected chi connectivity index (χ3v) is 5.13. The van der Waals surface area contributed by atoms with Crippen LogP contribution in [0.4, 0.5) is 0 Å². The van der Waals surface area contributed by atoms with Gasteiger partial charge >= 0.3 is 0 Å². The summed E-state index contributed by atoms with van der Waals surface area (Å²) in [6.07, 6.45) is 0.422. The van der Waals surface area contributed by atoms with E-state index in [9.17, 15) is 0 Å². The van der Waals surface area contributed by atoms with Crippen molar-refractivity contribution in [3.05, 3.63) is 29.8 Å². The summed E-state index contributed by atoms with van der Waals surface area (Å²) in [4.78, 5) is 7.33. The van der Waals surface area contributed by atoms with E-state index >= 15 is 0 Å². The van der Waals surface area contributed by atoms with Crippen LogP contribution in [-0.2, 0) is 4.74 Å². The quantitative estimate of drug-likeness (QED) is 0.821. The smallest absolute Gasteiger partial charge is 0.231 e. The molecule has 7 heteroatoms. The molecule has 0 amide bonds. The Morgan fingerprint density at radius 3 is 2.44 bits per heavy atom. The average Bonchev–Trinajstić information content (AvgIpc) is 3.26. The molecule has 3 atom stereocenters. The molecule has 27 heavy (non-hydrogen) atoms. The third-order valence-electron chi connectivity index (χ3n) is 5.13. The number of morpholine rings is 1. The lowest BCUT2D eigenvalue weighted by molar-refractivity contribution is -0.0800. The molecule has 1 fully saturated rings. The first-order chi connectivity index (χ1) is 12.9. The molecule has 2 aliphatic heterocycles. The van der Waals surface area contributed by atoms with Crippen LogP contribution in [0, 0.1) is 0 Å². The molecule has 0 N–H and O–H groups in total. The Morgan fingerprint density at radius 1 is 1.04 bits per heavy atom. The van der Waals surface area contributed by atoms with Crippen molar-refractivity contribution in [1.82, 2.24) is 19.7 Å². The molecule has 0 unspecified atom stereocenters. The second kappa shape index (κ2) is 7.13. The Bertz CT molecular complexity index is 810. The van der Waals surface area contributed by atoms with Gasteiger partial charge in [-0.15, -0.1) is 0 Å². The van der Waals surface area contributed by atoms with E-state index in [0.717, 1.165) is 41.9 Å². The number of benzene rings is 1. The molecule has 0 saturated carbocycles. The van der Waals surface area contributed by atoms with Gasteiger partial charge in [0.25, 0.3) is 0 Å². The zero-order valence-corrected chi connectivity index (χ0v) is 16.7. The van der Waals surface area contributed by atoms with E-state index < -0.39 is 0 Å². The first-order valence-electron chi connectivity index (χ1n) is 9.68. The Balaban J connectivity index is 1.71. The molecular weight excluding hydrogens is 344 g/mol. The highest BCUT2D eigenvalue weighted by Gasteiger charge is 2.30. The molecule has 1 saturated heterocycles. The summed E-state index contributed by atoms with van der Waals surface area (Å²) in [7, 11) is 0. The minimum atomic E-state index is 0.129. The number of ether oxygens (including phenoxy) is 3. The van der Waals surface area contributed by atoms with Gasteiger partial charge in [-0.25, -0.2) is 9.67 Å². The second-order valence-corrected chi connectivity index (χ2v) is 7.82. The van der Waals surface area contributed by atoms with Crippen LogP contribution in [0.15, 0.2) is 18.2 Å². The first-order valence-corrected chi connectivity index (χ1v) is 9.68. The molecule has 1 aromatic heterocycles. The van der Waals surface area contributed by atoms with Crippen LogP contribution >= 0.6 is 0 Å². The number of aromatic nitrogens is 3. The number of hydrogen-bond acceptors (Lipinski definition) is 6. The molecule has 0 aliphatic carbocycles. The van der Waals surface area contributed by atoms with Crippen LogP contribution in [-0.4, -0.2) is 51.8 Å². The van der Waals surface area contributed by atoms with Crippen molar-refractivity contribution in [3.8, 4) is 17.2 Å². The van der Waals surface area contributed by atoms with Crippen LogP contribution in [0.2, 0.25) is 0 Å². The molecule has 2 aromatic rings. The van der Waals surface area contributed by atoms with E-state index in [1.165, 1.54) is 0 Å². The zero-order valence-electron chi connectivity index (χ0n) is 16.7. The van der Waals surface area contributed by atoms with E-state index in [1.807, 2.05) is 22.9 Å². The summed E-state index contributed by atoms with van der Waals surface area (Å²) in [5, 5.41) is 4.81. The predicted molar refractivity (Wildman–Crippen MR) is 102 cm³/mol. The van der Waals surface area contributed by atoms with E-state index in [2.05, 4.69) is 39.5 Å². The fourth-order valence-corrected chi connectivity index (χ4v) is 3.76. The molecule has 4 rings (SSSR count). The molecule has 2 aliphatic rings. The Morgan fingerprint density at radius 2 is 1.74 bits per heavy atom. The summed E-state index contributed by atoms with van der Waals surface area (Å²) in [5.74, 6) is 3.58. The molecule has 0 spiro atoms. The summed E-state index contributed by atoms with van der Waals surface area (Å²) < 4.78 is 18.8. The highest BCUT2D eigenvalue weighted by atomic mass is 16.7. The van der Waals surface area contributed by atoms with Crippen molar-refractivity contribution in [2.45, 2.75) is 58.8 Å². The molecule has 0 radical (unpaired) electrons. The number of rotatable bonds is 4. The molecular formula is C20H28N4O3. The van der Waals surface area contributed by atoms with Crippen molar-refractivity contribution in [1.29, 1.82) is 0 Å². The number of fused-ring (bicyclic) bond motifs is 1. The Labute approximate surface area is 160 Å². The van der Waals surface area contributed by atoms with Crippen molar-refractivity contribution >= 4 is 0 Å². The van der Waals surface area contributed by atoms with E-state index in [4.69, 9.17) is 24.3 Å². The van der Waals surface area contributed by atoms with Gasteiger partial charge < -0.3 is 14.2 Å². The summed E-state index contributed by atoms with van der Waals surface area (Å²) in [6.45, 7) is 12.7. The largest absolute Gasteiger partial charge is 0.454 e. The van der Waals surface area contributed by atoms with Crippen LogP contribution in [0.25, 0.3) is 5.69 Å². The van der Waals surface area contributed by atoms with Gasteiger partial charge in [-0.3, -0.25) is 4.90 Å². The van der Waals surface area contributed by atoms with E-state index in [1.54, 1.807) is 0 Å². The SMILES string of the molecule is CC(C)c1nc([C@@H](C)N2C[C@@H](C)O[C@@H](C)C2)n(-c2ccc3c(c2)OCO3)n1. The lowest BCUT2D eigenvalue weighted by Crippen LogP contribution is -2.46. The maximum atomic E-state index is 5.90. The molecule has 7 nitrogen and oxygen atoms in total. The summed E-state index contributed by atoms with van der Waals surface area (Å²) in [5.41, 5.74) is 0.940. The van der Waals surface area contributed by atoms with Gasteiger partial charge in [-0.2, -0.15) is 5.10 Å². The molecule has 1 aromatic carbocycles. The maximum absolute atomic E-state index is 5.90. The highest BCUT2D eigenvalue weighted by molar-refractivity contribution is 5.50. The predicted octanol–water partition coefficient (Wildman–Crippen LogP) is 3.29. The van der Waals surface area contributed by atoms with Crippen LogP contribution < -0.4 is 9.47 Å². The van der Waals surface area contributed by atoms with Crippen molar-refractivity contribution < 1.29 is 14.2 Å². The minimum Gasteiger partial charge on any atom is -0.454 e. The van der Waals surface area contributed by atoms with Crippen molar-refractivity contribution in [3.63, 3.8) is 0 Å². The van der Waals surface area contributed by atoms with Gasteiger partial charge in [-0.1, -0.05) is 13.8 Å². The monoisotopic (exact) mass is 372 g/mol. The topological polar surface area (TPSA) is 61.6 Å². The van der Waals surface area contributed by atoms with Crippen molar-refractivity contribution in [2.24, 2.45) is 0 Å². The fraction of sp³-hybridized carbons (Fsp3) is 0.600. The average molecular weight is 372 g/mol. The van der Waals surface area contributed by atoms with Crippen LogP contribution in [0.3, 0.4) is 0 Å². The van der Waals surface area contributed by atoms with Crippen LogP contribution in [0.5, 0.6) is 11.5 Å². The van der Waals surface area contributed by atoms with Gasteiger partial charge in [-0.05, 0) is 32.9 Å². The molecule has 0 bridgehead atoms. The zero-order chi connectivity index (χ0) is 19.1. The molecule has 146 valence electrons. The summed E-state index contributed by atoms with van der Waals surface area (Å²) >= 11 is 0. The van der Waals surface area contributed by atoms with Crippen molar-refractivity contribution in [2.75, 3.05) is 19.9 Å². The number of hydrogen-bond donors (Lipinski definition) is 0.